The predicted molar refractivity (Wildman–Crippen MR) is 226 cm³/mol. The van der Waals surface area contributed by atoms with Crippen molar-refractivity contribution in [2.75, 3.05) is 52.9 Å². The minimum atomic E-state index is -1.32. The molecule has 13 nitrogen and oxygen atoms in total. The molecule has 0 saturated carbocycles. The fraction of sp³-hybridized carbons (Fsp3) is 0.870. The van der Waals surface area contributed by atoms with Gasteiger partial charge in [0, 0.05) is 38.5 Å². The molecule has 0 aromatic heterocycles. The third-order valence-corrected chi connectivity index (χ3v) is 9.96. The maximum atomic E-state index is 12.9. The molecule has 0 spiro atoms. The van der Waals surface area contributed by atoms with Crippen LogP contribution in [0.4, 0.5) is 0 Å². The van der Waals surface area contributed by atoms with Gasteiger partial charge in [0.1, 0.15) is 39.6 Å². The van der Waals surface area contributed by atoms with Gasteiger partial charge in [-0.15, -0.1) is 0 Å². The second-order valence-electron chi connectivity index (χ2n) is 16.2. The molecule has 0 heterocycles. The summed E-state index contributed by atoms with van der Waals surface area (Å²) in [5.41, 5.74) is -2.64. The smallest absolute Gasteiger partial charge is 0.305 e. The molecular formula is C46H82O13. The summed E-state index contributed by atoms with van der Waals surface area (Å²) in [5.74, 6) is -2.66. The van der Waals surface area contributed by atoms with Gasteiger partial charge in [-0.25, -0.2) is 0 Å². The van der Waals surface area contributed by atoms with Crippen molar-refractivity contribution >= 4 is 35.8 Å². The highest BCUT2D eigenvalue weighted by atomic mass is 16.6. The molecule has 0 atom stereocenters. The van der Waals surface area contributed by atoms with E-state index in [1.54, 1.807) is 0 Å². The Morgan fingerprint density at radius 3 is 0.593 bits per heavy atom. The van der Waals surface area contributed by atoms with E-state index in [-0.39, 0.29) is 91.4 Å². The van der Waals surface area contributed by atoms with Gasteiger partial charge in [0.05, 0.1) is 24.0 Å². The first-order valence-electron chi connectivity index (χ1n) is 23.0. The molecule has 0 aromatic rings. The van der Waals surface area contributed by atoms with Gasteiger partial charge in [0.25, 0.3) is 0 Å². The van der Waals surface area contributed by atoms with Gasteiger partial charge in [0.15, 0.2) is 0 Å². The predicted octanol–water partition coefficient (Wildman–Crippen LogP) is 9.72. The molecule has 0 amide bonds. The molecule has 0 fully saturated rings. The van der Waals surface area contributed by atoms with E-state index in [0.717, 1.165) is 77.0 Å². The van der Waals surface area contributed by atoms with E-state index in [1.165, 1.54) is 0 Å². The lowest BCUT2D eigenvalue weighted by molar-refractivity contribution is -0.175. The third-order valence-electron chi connectivity index (χ3n) is 9.96. The fourth-order valence-corrected chi connectivity index (χ4v) is 5.93. The van der Waals surface area contributed by atoms with E-state index in [1.807, 2.05) is 41.5 Å². The third kappa shape index (κ3) is 30.5. The van der Waals surface area contributed by atoms with Crippen molar-refractivity contribution in [2.45, 2.75) is 196 Å². The molecule has 59 heavy (non-hydrogen) atoms. The number of esters is 6. The summed E-state index contributed by atoms with van der Waals surface area (Å²) in [4.78, 5) is 77.6. The topological polar surface area (TPSA) is 167 Å². The standard InChI is InChI=1S/C46H82O13/c1-7-13-19-25-39(47)54-33-45(34-55-40(48)26-20-14-8-2,35-56-41(49)27-21-15-9-3)31-53-32-46(36-57-42(50)28-22-16-10-4,37-58-43(51)29-23-17-11-5)38-59-44(52)30-24-18-12-6/h7-38H2,1-6H3. The van der Waals surface area contributed by atoms with E-state index in [9.17, 15) is 28.8 Å². The lowest BCUT2D eigenvalue weighted by Gasteiger charge is -2.35. The van der Waals surface area contributed by atoms with E-state index in [0.29, 0.717) is 38.5 Å². The van der Waals surface area contributed by atoms with Crippen LogP contribution in [0.25, 0.3) is 0 Å². The molecule has 0 aromatic carbocycles. The first-order valence-corrected chi connectivity index (χ1v) is 23.0. The van der Waals surface area contributed by atoms with Crippen LogP contribution in [-0.2, 0) is 61.9 Å². The number of rotatable bonds is 40. The van der Waals surface area contributed by atoms with Crippen molar-refractivity contribution in [3.05, 3.63) is 0 Å². The Hall–Kier alpha value is -3.22. The summed E-state index contributed by atoms with van der Waals surface area (Å²) in [7, 11) is 0. The quantitative estimate of drug-likeness (QED) is 0.0325. The van der Waals surface area contributed by atoms with Crippen LogP contribution in [0.15, 0.2) is 0 Å². The molecule has 0 rings (SSSR count). The molecule has 0 aliphatic heterocycles. The zero-order valence-electron chi connectivity index (χ0n) is 37.9. The molecule has 0 unspecified atom stereocenters. The molecule has 0 aliphatic carbocycles. The van der Waals surface area contributed by atoms with Gasteiger partial charge >= 0.3 is 35.8 Å². The van der Waals surface area contributed by atoms with Crippen molar-refractivity contribution in [3.8, 4) is 0 Å². The van der Waals surface area contributed by atoms with Crippen molar-refractivity contribution < 1.29 is 61.9 Å². The Morgan fingerprint density at radius 1 is 0.271 bits per heavy atom. The molecule has 0 saturated heterocycles. The minimum absolute atomic E-state index is 0.193. The minimum Gasteiger partial charge on any atom is -0.465 e. The highest BCUT2D eigenvalue weighted by Crippen LogP contribution is 2.27. The van der Waals surface area contributed by atoms with Crippen molar-refractivity contribution in [2.24, 2.45) is 10.8 Å². The molecule has 13 heteroatoms. The van der Waals surface area contributed by atoms with Crippen LogP contribution in [0, 0.1) is 10.8 Å². The van der Waals surface area contributed by atoms with Crippen LogP contribution in [0.3, 0.4) is 0 Å². The largest absolute Gasteiger partial charge is 0.465 e. The number of carbonyl (C=O) groups excluding carboxylic acids is 6. The van der Waals surface area contributed by atoms with Crippen molar-refractivity contribution in [1.29, 1.82) is 0 Å². The molecule has 344 valence electrons. The Kier molecular flexibility index (Phi) is 34.6. The van der Waals surface area contributed by atoms with Gasteiger partial charge in [0.2, 0.25) is 0 Å². The lowest BCUT2D eigenvalue weighted by atomic mass is 9.90. The number of carbonyl (C=O) groups is 6. The first kappa shape index (κ1) is 55.8. The molecule has 0 N–H and O–H groups in total. The summed E-state index contributed by atoms with van der Waals surface area (Å²) >= 11 is 0. The maximum Gasteiger partial charge on any atom is 0.305 e. The van der Waals surface area contributed by atoms with Crippen LogP contribution in [0.1, 0.15) is 196 Å². The summed E-state index contributed by atoms with van der Waals surface area (Å²) in [6.45, 7) is 10.1. The average molecular weight is 843 g/mol. The first-order chi connectivity index (χ1) is 28.4. The number of unbranched alkanes of at least 4 members (excludes halogenated alkanes) is 12. The van der Waals surface area contributed by atoms with Gasteiger partial charge in [-0.1, -0.05) is 119 Å². The van der Waals surface area contributed by atoms with E-state index in [2.05, 4.69) is 0 Å². The highest BCUT2D eigenvalue weighted by Gasteiger charge is 2.41. The van der Waals surface area contributed by atoms with E-state index >= 15 is 0 Å². The normalized spacial score (nSPS) is 11.5. The number of hydrogen-bond donors (Lipinski definition) is 0. The number of ether oxygens (including phenoxy) is 7. The summed E-state index contributed by atoms with van der Waals surface area (Å²) < 4.78 is 41.0. The molecule has 0 radical (unpaired) electrons. The summed E-state index contributed by atoms with van der Waals surface area (Å²) in [6.07, 6.45) is 15.7. The zero-order valence-corrected chi connectivity index (χ0v) is 37.9. The highest BCUT2D eigenvalue weighted by molar-refractivity contribution is 5.71. The lowest BCUT2D eigenvalue weighted by Crippen LogP contribution is -2.47. The number of hydrogen-bond acceptors (Lipinski definition) is 13. The van der Waals surface area contributed by atoms with E-state index in [4.69, 9.17) is 33.2 Å². The van der Waals surface area contributed by atoms with Crippen molar-refractivity contribution in [1.82, 2.24) is 0 Å². The van der Waals surface area contributed by atoms with Crippen molar-refractivity contribution in [3.63, 3.8) is 0 Å². The Labute approximate surface area is 356 Å². The summed E-state index contributed by atoms with van der Waals surface area (Å²) in [5, 5.41) is 0. The average Bonchev–Trinajstić information content (AvgIpc) is 3.22. The second kappa shape index (κ2) is 36.6. The van der Waals surface area contributed by atoms with Gasteiger partial charge in [-0.2, -0.15) is 0 Å². The van der Waals surface area contributed by atoms with Gasteiger partial charge < -0.3 is 33.2 Å². The van der Waals surface area contributed by atoms with E-state index < -0.39 is 46.6 Å². The van der Waals surface area contributed by atoms with Crippen LogP contribution in [0.5, 0.6) is 0 Å². The monoisotopic (exact) mass is 843 g/mol. The van der Waals surface area contributed by atoms with Crippen LogP contribution < -0.4 is 0 Å². The maximum absolute atomic E-state index is 12.9. The van der Waals surface area contributed by atoms with Crippen LogP contribution in [-0.4, -0.2) is 88.7 Å². The Balaban J connectivity index is 6.76. The fourth-order valence-electron chi connectivity index (χ4n) is 5.93. The summed E-state index contributed by atoms with van der Waals surface area (Å²) in [6, 6.07) is 0. The van der Waals surface area contributed by atoms with Crippen LogP contribution >= 0.6 is 0 Å². The SMILES string of the molecule is CCCCCC(=O)OCC(COCC(COC(=O)CCCCC)(COC(=O)CCCCC)COC(=O)CCCCC)(COC(=O)CCCCC)COC(=O)CCCCC. The Bertz CT molecular complexity index is 923. The molecular weight excluding hydrogens is 760 g/mol. The van der Waals surface area contributed by atoms with Gasteiger partial charge in [-0.3, -0.25) is 28.8 Å². The van der Waals surface area contributed by atoms with Gasteiger partial charge in [-0.05, 0) is 38.5 Å². The second-order valence-corrected chi connectivity index (χ2v) is 16.2. The molecule has 0 aliphatic rings. The Morgan fingerprint density at radius 2 is 0.441 bits per heavy atom. The van der Waals surface area contributed by atoms with Crippen LogP contribution in [0.2, 0.25) is 0 Å². The molecule has 0 bridgehead atoms. The zero-order chi connectivity index (χ0) is 44.0.